The maximum atomic E-state index is 13.1. The Morgan fingerprint density at radius 1 is 1.38 bits per heavy atom. The van der Waals surface area contributed by atoms with E-state index in [9.17, 15) is 4.39 Å². The van der Waals surface area contributed by atoms with Gasteiger partial charge in [-0.05, 0) is 17.7 Å². The highest BCUT2D eigenvalue weighted by molar-refractivity contribution is 6.30. The molecule has 1 aromatic carbocycles. The van der Waals surface area contributed by atoms with Crippen LogP contribution in [0, 0.1) is 11.3 Å². The van der Waals surface area contributed by atoms with Crippen molar-refractivity contribution in [2.45, 2.75) is 12.3 Å². The fraction of sp³-hybridized carbons (Fsp3) is 0.222. The van der Waals surface area contributed by atoms with Crippen molar-refractivity contribution in [1.82, 2.24) is 0 Å². The van der Waals surface area contributed by atoms with Crippen molar-refractivity contribution < 1.29 is 9.50 Å². The summed E-state index contributed by atoms with van der Waals surface area (Å²) >= 11 is 5.58. The third-order valence-corrected chi connectivity index (χ3v) is 1.85. The van der Waals surface area contributed by atoms with Gasteiger partial charge >= 0.3 is 0 Å². The highest BCUT2D eigenvalue weighted by Gasteiger charge is 2.19. The molecular formula is C9H7ClFNO. The van der Waals surface area contributed by atoms with Gasteiger partial charge in [-0.1, -0.05) is 23.7 Å². The van der Waals surface area contributed by atoms with Crippen molar-refractivity contribution in [3.8, 4) is 6.07 Å². The molecule has 2 unspecified atom stereocenters. The van der Waals surface area contributed by atoms with Crippen LogP contribution in [0.1, 0.15) is 11.7 Å². The van der Waals surface area contributed by atoms with E-state index >= 15 is 0 Å². The number of halogens is 2. The lowest BCUT2D eigenvalue weighted by molar-refractivity contribution is 0.122. The van der Waals surface area contributed by atoms with E-state index in [0.29, 0.717) is 5.02 Å². The highest BCUT2D eigenvalue weighted by Crippen LogP contribution is 2.22. The molecule has 1 rings (SSSR count). The van der Waals surface area contributed by atoms with Crippen molar-refractivity contribution >= 4 is 11.6 Å². The van der Waals surface area contributed by atoms with Crippen LogP contribution in [-0.2, 0) is 0 Å². The molecule has 0 aromatic heterocycles. The highest BCUT2D eigenvalue weighted by atomic mass is 35.5. The van der Waals surface area contributed by atoms with Crippen LogP contribution in [0.5, 0.6) is 0 Å². The molecule has 0 radical (unpaired) electrons. The number of nitriles is 1. The molecule has 0 fully saturated rings. The Bertz CT molecular complexity index is 319. The van der Waals surface area contributed by atoms with E-state index in [1.807, 2.05) is 0 Å². The molecule has 0 aliphatic carbocycles. The van der Waals surface area contributed by atoms with Gasteiger partial charge in [0.2, 0.25) is 0 Å². The minimum Gasteiger partial charge on any atom is -0.375 e. The van der Waals surface area contributed by atoms with Crippen LogP contribution in [0.25, 0.3) is 0 Å². The van der Waals surface area contributed by atoms with Crippen molar-refractivity contribution in [3.05, 3.63) is 34.9 Å². The normalized spacial score (nSPS) is 14.6. The number of nitrogens with zero attached hydrogens (tertiary/aromatic N) is 1. The first-order valence-corrected chi connectivity index (χ1v) is 4.00. The molecule has 0 aliphatic rings. The van der Waals surface area contributed by atoms with Crippen LogP contribution in [0.4, 0.5) is 4.39 Å². The number of rotatable bonds is 2. The van der Waals surface area contributed by atoms with Gasteiger partial charge in [0, 0.05) is 5.02 Å². The van der Waals surface area contributed by atoms with Crippen molar-refractivity contribution in [2.75, 3.05) is 0 Å². The fourth-order valence-corrected chi connectivity index (χ4v) is 1.02. The van der Waals surface area contributed by atoms with E-state index in [-0.39, 0.29) is 5.56 Å². The Morgan fingerprint density at radius 3 is 2.38 bits per heavy atom. The SMILES string of the molecule is N#CC(O)C(F)c1ccc(Cl)cc1. The second-order valence-corrected chi connectivity index (χ2v) is 2.96. The Labute approximate surface area is 80.2 Å². The predicted octanol–water partition coefficient (Wildman–Crippen LogP) is 2.24. The van der Waals surface area contributed by atoms with Crippen LogP contribution in [-0.4, -0.2) is 11.2 Å². The maximum absolute atomic E-state index is 13.1. The molecule has 68 valence electrons. The topological polar surface area (TPSA) is 44.0 Å². The number of benzene rings is 1. The van der Waals surface area contributed by atoms with E-state index in [4.69, 9.17) is 22.0 Å². The third kappa shape index (κ3) is 2.41. The molecule has 0 bridgehead atoms. The number of aliphatic hydroxyl groups is 1. The summed E-state index contributed by atoms with van der Waals surface area (Å²) < 4.78 is 13.1. The van der Waals surface area contributed by atoms with Crippen molar-refractivity contribution in [1.29, 1.82) is 5.26 Å². The Balaban J connectivity index is 2.84. The molecule has 2 nitrogen and oxygen atoms in total. The molecule has 0 saturated carbocycles. The lowest BCUT2D eigenvalue weighted by Crippen LogP contribution is -2.11. The van der Waals surface area contributed by atoms with Crippen LogP contribution in [0.15, 0.2) is 24.3 Å². The quantitative estimate of drug-likeness (QED) is 0.743. The average molecular weight is 200 g/mol. The number of hydrogen-bond acceptors (Lipinski definition) is 2. The van der Waals surface area contributed by atoms with Gasteiger partial charge in [-0.2, -0.15) is 5.26 Å². The first-order valence-electron chi connectivity index (χ1n) is 3.62. The summed E-state index contributed by atoms with van der Waals surface area (Å²) in [5, 5.41) is 17.6. The Morgan fingerprint density at radius 2 is 1.92 bits per heavy atom. The maximum Gasteiger partial charge on any atom is 0.175 e. The Hall–Kier alpha value is -1.11. The summed E-state index contributed by atoms with van der Waals surface area (Å²) in [6.07, 6.45) is -3.30. The molecule has 4 heteroatoms. The smallest absolute Gasteiger partial charge is 0.175 e. The Kier molecular flexibility index (Phi) is 3.24. The van der Waals surface area contributed by atoms with Gasteiger partial charge in [0.25, 0.3) is 0 Å². The minimum atomic E-state index is -1.68. The molecule has 0 saturated heterocycles. The third-order valence-electron chi connectivity index (χ3n) is 1.60. The lowest BCUT2D eigenvalue weighted by Gasteiger charge is -2.08. The molecule has 13 heavy (non-hydrogen) atoms. The van der Waals surface area contributed by atoms with Gasteiger partial charge < -0.3 is 5.11 Å². The van der Waals surface area contributed by atoms with Gasteiger partial charge in [-0.15, -0.1) is 0 Å². The molecule has 0 heterocycles. The summed E-state index contributed by atoms with van der Waals surface area (Å²) in [7, 11) is 0. The number of hydrogen-bond donors (Lipinski definition) is 1. The largest absolute Gasteiger partial charge is 0.375 e. The van der Waals surface area contributed by atoms with Crippen LogP contribution >= 0.6 is 11.6 Å². The van der Waals surface area contributed by atoms with Gasteiger partial charge in [0.15, 0.2) is 12.3 Å². The summed E-state index contributed by atoms with van der Waals surface area (Å²) in [6, 6.07) is 7.32. The minimum absolute atomic E-state index is 0.249. The summed E-state index contributed by atoms with van der Waals surface area (Å²) in [4.78, 5) is 0. The monoisotopic (exact) mass is 199 g/mol. The molecule has 0 aliphatic heterocycles. The first-order chi connectivity index (χ1) is 6.15. The zero-order chi connectivity index (χ0) is 9.84. The second kappa shape index (κ2) is 4.22. The van der Waals surface area contributed by atoms with Crippen molar-refractivity contribution in [3.63, 3.8) is 0 Å². The number of alkyl halides is 1. The van der Waals surface area contributed by atoms with Crippen LogP contribution in [0.3, 0.4) is 0 Å². The molecule has 0 spiro atoms. The average Bonchev–Trinajstić information content (AvgIpc) is 2.17. The van der Waals surface area contributed by atoms with Gasteiger partial charge in [-0.3, -0.25) is 0 Å². The van der Waals surface area contributed by atoms with E-state index in [1.54, 1.807) is 0 Å². The first kappa shape index (κ1) is 9.97. The van der Waals surface area contributed by atoms with Crippen LogP contribution < -0.4 is 0 Å². The van der Waals surface area contributed by atoms with E-state index in [1.165, 1.54) is 30.3 Å². The molecule has 1 N–H and O–H groups in total. The predicted molar refractivity (Wildman–Crippen MR) is 46.9 cm³/mol. The van der Waals surface area contributed by atoms with E-state index < -0.39 is 12.3 Å². The zero-order valence-corrected chi connectivity index (χ0v) is 7.37. The fourth-order valence-electron chi connectivity index (χ4n) is 0.894. The molecule has 0 amide bonds. The summed E-state index contributed by atoms with van der Waals surface area (Å²) in [5.41, 5.74) is 0.249. The van der Waals surface area contributed by atoms with Gasteiger partial charge in [0.1, 0.15) is 0 Å². The lowest BCUT2D eigenvalue weighted by atomic mass is 10.1. The van der Waals surface area contributed by atoms with Gasteiger partial charge in [-0.25, -0.2) is 4.39 Å². The van der Waals surface area contributed by atoms with Gasteiger partial charge in [0.05, 0.1) is 6.07 Å². The van der Waals surface area contributed by atoms with Crippen LogP contribution in [0.2, 0.25) is 5.02 Å². The summed E-state index contributed by atoms with van der Waals surface area (Å²) in [5.74, 6) is 0. The van der Waals surface area contributed by atoms with E-state index in [2.05, 4.69) is 0 Å². The molecule has 1 aromatic rings. The zero-order valence-electron chi connectivity index (χ0n) is 6.61. The van der Waals surface area contributed by atoms with E-state index in [0.717, 1.165) is 0 Å². The molecular weight excluding hydrogens is 193 g/mol. The molecule has 2 atom stereocenters. The summed E-state index contributed by atoms with van der Waals surface area (Å²) in [6.45, 7) is 0. The number of aliphatic hydroxyl groups excluding tert-OH is 1. The standard InChI is InChI=1S/C9H7ClFNO/c10-7-3-1-6(2-4-7)9(11)8(13)5-12/h1-4,8-9,13H. The second-order valence-electron chi connectivity index (χ2n) is 2.53. The van der Waals surface area contributed by atoms with Crippen molar-refractivity contribution in [2.24, 2.45) is 0 Å².